The van der Waals surface area contributed by atoms with Crippen molar-refractivity contribution in [1.82, 2.24) is 0 Å². The molecule has 0 radical (unpaired) electrons. The summed E-state index contributed by atoms with van der Waals surface area (Å²) >= 11 is 9.78. The van der Waals surface area contributed by atoms with Crippen molar-refractivity contribution < 1.29 is 4.92 Å². The van der Waals surface area contributed by atoms with Gasteiger partial charge >= 0.3 is 0 Å². The third-order valence-corrected chi connectivity index (χ3v) is 5.78. The minimum absolute atomic E-state index is 0.136. The highest BCUT2D eigenvalue weighted by atomic mass is 35.5. The van der Waals surface area contributed by atoms with E-state index in [2.05, 4.69) is 17.5 Å². The molecular weight excluding hydrogens is 314 g/mol. The number of nitrogens with zero attached hydrogens (tertiary/aromatic N) is 1. The normalized spacial score (nSPS) is 12.7. The van der Waals surface area contributed by atoms with E-state index in [-0.39, 0.29) is 16.0 Å². The molecular formula is C14H10ClNO2S2. The summed E-state index contributed by atoms with van der Waals surface area (Å²) in [6.45, 7) is 0. The average molecular weight is 324 g/mol. The smallest absolute Gasteiger partial charge is 0.258 e. The van der Waals surface area contributed by atoms with Crippen LogP contribution in [0.15, 0.2) is 41.8 Å². The highest BCUT2D eigenvalue weighted by Crippen LogP contribution is 2.38. The van der Waals surface area contributed by atoms with E-state index < -0.39 is 0 Å². The lowest BCUT2D eigenvalue weighted by Crippen LogP contribution is -1.99. The number of nitro benzene ring substituents is 1. The average Bonchev–Trinajstić information content (AvgIpc) is 2.99. The van der Waals surface area contributed by atoms with Gasteiger partial charge in [0.2, 0.25) is 0 Å². The monoisotopic (exact) mass is 323 g/mol. The molecule has 3 nitrogen and oxygen atoms in total. The second-order valence-electron chi connectivity index (χ2n) is 4.36. The molecule has 0 bridgehead atoms. The zero-order valence-electron chi connectivity index (χ0n) is 10.3. The number of hydrogen-bond donors (Lipinski definition) is 0. The first-order chi connectivity index (χ1) is 9.65. The summed E-state index contributed by atoms with van der Waals surface area (Å²) < 4.78 is 2.44. The quantitative estimate of drug-likeness (QED) is 0.367. The third-order valence-electron chi connectivity index (χ3n) is 3.05. The number of benzene rings is 1. The standard InChI is InChI=1S/C14H10ClNO2S2/c15-10(13-8-14-12(20-13)5-6-19-14)7-9-3-1-2-4-11(9)16(17)18/h1-6,8,10H,7H2. The van der Waals surface area contributed by atoms with Crippen molar-refractivity contribution in [1.29, 1.82) is 0 Å². The Hall–Kier alpha value is -1.43. The number of halogens is 1. The van der Waals surface area contributed by atoms with E-state index in [4.69, 9.17) is 11.6 Å². The van der Waals surface area contributed by atoms with E-state index in [1.807, 2.05) is 0 Å². The van der Waals surface area contributed by atoms with Gasteiger partial charge in [0.25, 0.3) is 5.69 Å². The van der Waals surface area contributed by atoms with Gasteiger partial charge in [-0.2, -0.15) is 0 Å². The third kappa shape index (κ3) is 2.57. The van der Waals surface area contributed by atoms with Gasteiger partial charge in [0.1, 0.15) is 0 Å². The molecule has 3 rings (SSSR count). The Balaban J connectivity index is 1.87. The van der Waals surface area contributed by atoms with Gasteiger partial charge in [-0.3, -0.25) is 10.1 Å². The molecule has 2 heterocycles. The van der Waals surface area contributed by atoms with Crippen molar-refractivity contribution in [2.75, 3.05) is 0 Å². The first kappa shape index (κ1) is 13.5. The minimum atomic E-state index is -0.355. The Labute approximate surface area is 128 Å². The minimum Gasteiger partial charge on any atom is -0.258 e. The lowest BCUT2D eigenvalue weighted by molar-refractivity contribution is -0.385. The largest absolute Gasteiger partial charge is 0.272 e. The van der Waals surface area contributed by atoms with Gasteiger partial charge in [0, 0.05) is 32.3 Å². The molecule has 1 atom stereocenters. The number of fused-ring (bicyclic) bond motifs is 1. The Morgan fingerprint density at radius 3 is 2.80 bits per heavy atom. The van der Waals surface area contributed by atoms with Gasteiger partial charge in [0.15, 0.2) is 0 Å². The number of nitro groups is 1. The summed E-state index contributed by atoms with van der Waals surface area (Å²) in [5.74, 6) is 0. The molecule has 102 valence electrons. The molecule has 0 aliphatic rings. The van der Waals surface area contributed by atoms with E-state index in [0.717, 1.165) is 4.88 Å². The zero-order valence-corrected chi connectivity index (χ0v) is 12.7. The lowest BCUT2D eigenvalue weighted by Gasteiger charge is -2.07. The fraction of sp³-hybridized carbons (Fsp3) is 0.143. The molecule has 0 aliphatic heterocycles. The van der Waals surface area contributed by atoms with Crippen LogP contribution >= 0.6 is 34.3 Å². The molecule has 0 saturated heterocycles. The van der Waals surface area contributed by atoms with Gasteiger partial charge in [-0.25, -0.2) is 0 Å². The topological polar surface area (TPSA) is 43.1 Å². The summed E-state index contributed by atoms with van der Waals surface area (Å²) in [5, 5.41) is 12.8. The lowest BCUT2D eigenvalue weighted by atomic mass is 10.1. The van der Waals surface area contributed by atoms with Gasteiger partial charge in [-0.15, -0.1) is 34.3 Å². The molecule has 1 aromatic carbocycles. The molecule has 3 aromatic rings. The van der Waals surface area contributed by atoms with Gasteiger partial charge in [-0.05, 0) is 17.5 Å². The molecule has 20 heavy (non-hydrogen) atoms. The van der Waals surface area contributed by atoms with E-state index >= 15 is 0 Å². The zero-order chi connectivity index (χ0) is 14.1. The van der Waals surface area contributed by atoms with Crippen LogP contribution in [0.25, 0.3) is 9.40 Å². The molecule has 0 spiro atoms. The highest BCUT2D eigenvalue weighted by Gasteiger charge is 2.19. The Kier molecular flexibility index (Phi) is 3.74. The van der Waals surface area contributed by atoms with Crippen molar-refractivity contribution in [3.8, 4) is 0 Å². The van der Waals surface area contributed by atoms with E-state index in [1.54, 1.807) is 40.9 Å². The predicted octanol–water partition coefficient (Wildman–Crippen LogP) is 5.39. The SMILES string of the molecule is O=[N+]([O-])c1ccccc1CC(Cl)c1cc2sccc2s1. The summed E-state index contributed by atoms with van der Waals surface area (Å²) in [7, 11) is 0. The first-order valence-electron chi connectivity index (χ1n) is 5.98. The summed E-state index contributed by atoms with van der Waals surface area (Å²) in [5.41, 5.74) is 0.811. The van der Waals surface area contributed by atoms with Crippen molar-refractivity contribution in [3.05, 3.63) is 62.3 Å². The van der Waals surface area contributed by atoms with Crippen LogP contribution in [0.2, 0.25) is 0 Å². The molecule has 0 fully saturated rings. The van der Waals surface area contributed by atoms with Gasteiger partial charge in [-0.1, -0.05) is 18.2 Å². The molecule has 0 N–H and O–H groups in total. The van der Waals surface area contributed by atoms with Gasteiger partial charge < -0.3 is 0 Å². The van der Waals surface area contributed by atoms with Crippen LogP contribution in [0.1, 0.15) is 15.8 Å². The van der Waals surface area contributed by atoms with E-state index in [1.165, 1.54) is 15.5 Å². The fourth-order valence-corrected chi connectivity index (χ4v) is 4.55. The number of alkyl halides is 1. The number of hydrogen-bond acceptors (Lipinski definition) is 4. The van der Waals surface area contributed by atoms with E-state index in [9.17, 15) is 10.1 Å². The van der Waals surface area contributed by atoms with Crippen LogP contribution in [0.4, 0.5) is 5.69 Å². The van der Waals surface area contributed by atoms with Crippen molar-refractivity contribution in [2.45, 2.75) is 11.8 Å². The molecule has 6 heteroatoms. The van der Waals surface area contributed by atoms with Crippen molar-refractivity contribution in [3.63, 3.8) is 0 Å². The molecule has 0 saturated carbocycles. The van der Waals surface area contributed by atoms with Gasteiger partial charge in [0.05, 0.1) is 10.3 Å². The predicted molar refractivity (Wildman–Crippen MR) is 85.1 cm³/mol. The van der Waals surface area contributed by atoms with Crippen LogP contribution in [0.3, 0.4) is 0 Å². The van der Waals surface area contributed by atoms with Crippen LogP contribution in [0.5, 0.6) is 0 Å². The summed E-state index contributed by atoms with van der Waals surface area (Å²) in [6.07, 6.45) is 0.465. The Morgan fingerprint density at radius 2 is 2.05 bits per heavy atom. The van der Waals surface area contributed by atoms with Crippen LogP contribution in [0, 0.1) is 10.1 Å². The van der Waals surface area contributed by atoms with E-state index in [0.29, 0.717) is 12.0 Å². The second kappa shape index (κ2) is 5.52. The van der Waals surface area contributed by atoms with Crippen LogP contribution in [-0.4, -0.2) is 4.92 Å². The van der Waals surface area contributed by atoms with Crippen LogP contribution in [-0.2, 0) is 6.42 Å². The maximum Gasteiger partial charge on any atom is 0.272 e. The second-order valence-corrected chi connectivity index (χ2v) is 6.95. The highest BCUT2D eigenvalue weighted by molar-refractivity contribution is 7.27. The molecule has 0 amide bonds. The van der Waals surface area contributed by atoms with Crippen molar-refractivity contribution >= 4 is 49.4 Å². The van der Waals surface area contributed by atoms with Crippen LogP contribution < -0.4 is 0 Å². The Morgan fingerprint density at radius 1 is 1.25 bits per heavy atom. The molecule has 0 aliphatic carbocycles. The molecule has 1 unspecified atom stereocenters. The number of rotatable bonds is 4. The summed E-state index contributed by atoms with van der Waals surface area (Å²) in [6, 6.07) is 10.9. The first-order valence-corrected chi connectivity index (χ1v) is 8.11. The fourth-order valence-electron chi connectivity index (χ4n) is 2.09. The maximum atomic E-state index is 11.0. The Bertz CT molecular complexity index is 737. The number of thiophene rings is 2. The summed E-state index contributed by atoms with van der Waals surface area (Å²) in [4.78, 5) is 11.7. The maximum absolute atomic E-state index is 11.0. The van der Waals surface area contributed by atoms with Crippen molar-refractivity contribution in [2.24, 2.45) is 0 Å². The molecule has 2 aromatic heterocycles. The number of para-hydroxylation sites is 1.